The maximum atomic E-state index is 13.4. The van der Waals surface area contributed by atoms with Gasteiger partial charge in [-0.25, -0.2) is 5.48 Å². The van der Waals surface area contributed by atoms with E-state index >= 15 is 0 Å². The highest BCUT2D eigenvalue weighted by Crippen LogP contribution is 2.77. The minimum Gasteiger partial charge on any atom is -0.481 e. The van der Waals surface area contributed by atoms with Gasteiger partial charge in [0.2, 0.25) is 5.91 Å². The van der Waals surface area contributed by atoms with Crippen molar-refractivity contribution in [2.24, 2.45) is 62.1 Å². The largest absolute Gasteiger partial charge is 0.481 e. The zero-order valence-corrected chi connectivity index (χ0v) is 28.7. The number of hydroxylamine groups is 1. The lowest BCUT2D eigenvalue weighted by molar-refractivity contribution is -0.249. The van der Waals surface area contributed by atoms with E-state index < -0.39 is 16.8 Å². The zero-order chi connectivity index (χ0) is 32.7. The molecule has 248 valence electrons. The van der Waals surface area contributed by atoms with Crippen LogP contribution in [0.25, 0.3) is 0 Å². The van der Waals surface area contributed by atoms with Crippen LogP contribution in [-0.2, 0) is 19.1 Å². The number of amides is 1. The second-order valence-electron chi connectivity index (χ2n) is 18.0. The zero-order valence-electron chi connectivity index (χ0n) is 28.7. The maximum absolute atomic E-state index is 13.4. The van der Waals surface area contributed by atoms with Gasteiger partial charge in [0.25, 0.3) is 0 Å². The van der Waals surface area contributed by atoms with Gasteiger partial charge in [-0.15, -0.1) is 0 Å². The van der Waals surface area contributed by atoms with Gasteiger partial charge in [0.1, 0.15) is 6.10 Å². The number of aliphatic carboxylic acids is 1. The van der Waals surface area contributed by atoms with E-state index in [1.54, 1.807) is 0 Å². The van der Waals surface area contributed by atoms with Crippen molar-refractivity contribution in [2.45, 2.75) is 139 Å². The molecule has 5 rings (SSSR count). The molecule has 0 aromatic rings. The van der Waals surface area contributed by atoms with E-state index in [2.05, 4.69) is 53.6 Å². The van der Waals surface area contributed by atoms with Crippen LogP contribution >= 0.6 is 0 Å². The number of fused-ring (bicyclic) bond motifs is 7. The Bertz CT molecular complexity index is 1210. The van der Waals surface area contributed by atoms with Gasteiger partial charge in [-0.05, 0) is 122 Å². The van der Waals surface area contributed by atoms with Crippen molar-refractivity contribution in [1.82, 2.24) is 5.48 Å². The van der Waals surface area contributed by atoms with Crippen LogP contribution in [0.5, 0.6) is 0 Å². The molecule has 5 aliphatic carbocycles. The topological polar surface area (TPSA) is 113 Å². The van der Waals surface area contributed by atoms with Crippen molar-refractivity contribution in [3.05, 3.63) is 12.2 Å². The summed E-state index contributed by atoms with van der Waals surface area (Å²) in [4.78, 5) is 37.8. The summed E-state index contributed by atoms with van der Waals surface area (Å²) in [6.45, 7) is 22.4. The summed E-state index contributed by atoms with van der Waals surface area (Å²) in [6, 6.07) is 0. The molecule has 0 aliphatic heterocycles. The van der Waals surface area contributed by atoms with E-state index in [4.69, 9.17) is 4.74 Å². The highest BCUT2D eigenvalue weighted by molar-refractivity contribution is 5.82. The first-order valence-corrected chi connectivity index (χ1v) is 17.3. The Morgan fingerprint density at radius 2 is 1.55 bits per heavy atom. The Labute approximate surface area is 265 Å². The monoisotopic (exact) mass is 613 g/mol. The van der Waals surface area contributed by atoms with Gasteiger partial charge in [0, 0.05) is 5.41 Å². The molecular formula is C37H59NO6. The lowest BCUT2D eigenvalue weighted by Crippen LogP contribution is -2.67. The molecule has 5 aliphatic rings. The van der Waals surface area contributed by atoms with Crippen molar-refractivity contribution in [3.8, 4) is 0 Å². The average Bonchev–Trinajstić information content (AvgIpc) is 3.30. The number of allylic oxidation sites excluding steroid dienone is 1. The molecular weight excluding hydrogens is 554 g/mol. The number of carbonyl (C=O) groups excluding carboxylic acids is 2. The summed E-state index contributed by atoms with van der Waals surface area (Å²) >= 11 is 0. The first-order valence-electron chi connectivity index (χ1n) is 17.3. The molecule has 0 saturated heterocycles. The number of hydrogen-bond donors (Lipinski definition) is 3. The normalized spacial score (nSPS) is 44.3. The maximum Gasteiger partial charge on any atom is 0.306 e. The predicted molar refractivity (Wildman–Crippen MR) is 169 cm³/mol. The van der Waals surface area contributed by atoms with Gasteiger partial charge in [-0.2, -0.15) is 0 Å². The fourth-order valence-corrected chi connectivity index (χ4v) is 12.9. The number of esters is 1. The van der Waals surface area contributed by atoms with Crippen molar-refractivity contribution in [1.29, 1.82) is 0 Å². The summed E-state index contributed by atoms with van der Waals surface area (Å²) in [6.07, 6.45) is 9.83. The predicted octanol–water partition coefficient (Wildman–Crippen LogP) is 7.95. The molecule has 7 heteroatoms. The van der Waals surface area contributed by atoms with Crippen LogP contribution in [0.4, 0.5) is 0 Å². The first kappa shape index (κ1) is 33.5. The Kier molecular flexibility index (Phi) is 8.25. The summed E-state index contributed by atoms with van der Waals surface area (Å²) in [7, 11) is 0. The van der Waals surface area contributed by atoms with Crippen LogP contribution in [0.1, 0.15) is 132 Å². The molecule has 44 heavy (non-hydrogen) atoms. The van der Waals surface area contributed by atoms with E-state index in [-0.39, 0.29) is 58.4 Å². The average molecular weight is 614 g/mol. The molecule has 3 N–H and O–H groups in total. The Balaban J connectivity index is 1.40. The number of rotatable bonds is 7. The molecule has 3 unspecified atom stereocenters. The molecule has 0 bridgehead atoms. The van der Waals surface area contributed by atoms with E-state index in [0.717, 1.165) is 64.2 Å². The second-order valence-corrected chi connectivity index (χ2v) is 18.0. The van der Waals surface area contributed by atoms with Gasteiger partial charge in [-0.1, -0.05) is 60.6 Å². The summed E-state index contributed by atoms with van der Waals surface area (Å²) < 4.78 is 6.21. The van der Waals surface area contributed by atoms with Crippen molar-refractivity contribution < 1.29 is 29.4 Å². The molecule has 5 saturated carbocycles. The highest BCUT2D eigenvalue weighted by atomic mass is 16.5. The molecule has 0 spiro atoms. The van der Waals surface area contributed by atoms with Gasteiger partial charge in [0.15, 0.2) is 0 Å². The van der Waals surface area contributed by atoms with E-state index in [0.29, 0.717) is 23.7 Å². The molecule has 0 aromatic heterocycles. The molecule has 0 heterocycles. The Morgan fingerprint density at radius 1 is 0.864 bits per heavy atom. The number of ether oxygens (including phenoxy) is 1. The third kappa shape index (κ3) is 4.80. The number of carbonyl (C=O) groups is 3. The smallest absolute Gasteiger partial charge is 0.306 e. The Hall–Kier alpha value is -1.89. The highest BCUT2D eigenvalue weighted by Gasteiger charge is 2.72. The molecule has 5 fully saturated rings. The van der Waals surface area contributed by atoms with E-state index in [1.165, 1.54) is 5.57 Å². The van der Waals surface area contributed by atoms with Crippen molar-refractivity contribution in [3.63, 3.8) is 0 Å². The lowest BCUT2D eigenvalue weighted by atomic mass is 9.32. The van der Waals surface area contributed by atoms with Crippen LogP contribution in [0.2, 0.25) is 0 Å². The number of nitrogens with one attached hydrogen (secondary N) is 1. The quantitative estimate of drug-likeness (QED) is 0.116. The van der Waals surface area contributed by atoms with Crippen molar-refractivity contribution >= 4 is 17.8 Å². The number of carboxylic acids is 1. The fourth-order valence-electron chi connectivity index (χ4n) is 12.9. The van der Waals surface area contributed by atoms with Gasteiger partial charge < -0.3 is 9.84 Å². The van der Waals surface area contributed by atoms with Crippen LogP contribution < -0.4 is 5.48 Å². The fraction of sp³-hybridized carbons (Fsp3) is 0.865. The van der Waals surface area contributed by atoms with Crippen LogP contribution in [0.3, 0.4) is 0 Å². The molecule has 0 radical (unpaired) electrons. The third-order valence-corrected chi connectivity index (χ3v) is 15.1. The summed E-state index contributed by atoms with van der Waals surface area (Å²) in [5.41, 5.74) is 2.28. The molecule has 0 aromatic carbocycles. The molecule has 10 atom stereocenters. The van der Waals surface area contributed by atoms with Crippen LogP contribution in [0.15, 0.2) is 12.2 Å². The summed E-state index contributed by atoms with van der Waals surface area (Å²) in [5.74, 6) is 0.547. The summed E-state index contributed by atoms with van der Waals surface area (Å²) in [5, 5.41) is 19.1. The third-order valence-electron chi connectivity index (χ3n) is 15.1. The SMILES string of the molecule is C=C(C)[C@@H]1CC[C@]2(C(=O)NO)CC[C@]3(C)[C@H](CCC4[C@@]5(C)CC[C@H](OC(=O)CC(C)(C)CC(=O)O)C(C)(C)C5CC[C@]43C)C12. The van der Waals surface area contributed by atoms with Crippen LogP contribution in [0, 0.1) is 62.1 Å². The van der Waals surface area contributed by atoms with Crippen LogP contribution in [-0.4, -0.2) is 34.3 Å². The van der Waals surface area contributed by atoms with Gasteiger partial charge in [0.05, 0.1) is 18.3 Å². The minimum absolute atomic E-state index is 0.0589. The second kappa shape index (κ2) is 10.8. The lowest BCUT2D eigenvalue weighted by Gasteiger charge is -2.72. The van der Waals surface area contributed by atoms with Gasteiger partial charge >= 0.3 is 11.9 Å². The minimum atomic E-state index is -0.895. The van der Waals surface area contributed by atoms with Crippen molar-refractivity contribution in [2.75, 3.05) is 0 Å². The van der Waals surface area contributed by atoms with E-state index in [9.17, 15) is 24.7 Å². The first-order chi connectivity index (χ1) is 20.3. The number of carboxylic acid groups (broad SMARTS) is 1. The van der Waals surface area contributed by atoms with Gasteiger partial charge in [-0.3, -0.25) is 19.6 Å². The molecule has 1 amide bonds. The standard InChI is InChI=1S/C37H59NO6/c1-22(2)23-12-17-37(31(42)38-43)19-18-35(8)24(30(23)37)10-11-26-34(7)15-14-27(33(5,6)25(34)13-16-36(26,35)9)44-29(41)21-32(3,4)20-28(39)40/h23-27,30,43H,1,10-21H2,2-9H3,(H,38,42)(H,39,40)/t23-,24+,25?,26?,27-,30?,34-,35+,36+,37-/m0/s1. The Morgan fingerprint density at radius 3 is 2.16 bits per heavy atom. The van der Waals surface area contributed by atoms with E-state index in [1.807, 2.05) is 13.8 Å². The number of hydrogen-bond acceptors (Lipinski definition) is 5. The molecule has 7 nitrogen and oxygen atoms in total.